The lowest BCUT2D eigenvalue weighted by atomic mass is 9.86. The van der Waals surface area contributed by atoms with Crippen molar-refractivity contribution >= 4 is 33.4 Å². The Hall–Kier alpha value is -2.41. The number of rotatable bonds is 5. The van der Waals surface area contributed by atoms with Crippen LogP contribution >= 0.6 is 15.9 Å². The first-order valence-electron chi connectivity index (χ1n) is 9.43. The third kappa shape index (κ3) is 4.45. The van der Waals surface area contributed by atoms with Crippen LogP contribution in [0.15, 0.2) is 28.9 Å². The number of amides is 1. The Morgan fingerprint density at radius 3 is 2.52 bits per heavy atom. The van der Waals surface area contributed by atoms with Crippen molar-refractivity contribution < 1.29 is 18.8 Å². The Labute approximate surface area is 177 Å². The highest BCUT2D eigenvalue weighted by molar-refractivity contribution is 9.10. The standard InChI is InChI=1S/C22H22BrFN2O3/c1-11-8-12(2)18(13(3)9-11)19-16(27)10-14(21(19)28)6-7-25-22(29)20-15(24)4-5-17(23)26-20/h4-5,8-9,14,19H,6-7,10H2,1-3H3,(H,25,29). The van der Waals surface area contributed by atoms with Gasteiger partial charge in [-0.1, -0.05) is 17.7 Å². The SMILES string of the molecule is Cc1cc(C)c(C2C(=O)CC(CCNC(=O)c3nc(Br)ccc3F)C2=O)c(C)c1. The number of carbonyl (C=O) groups is 3. The van der Waals surface area contributed by atoms with E-state index >= 15 is 0 Å². The van der Waals surface area contributed by atoms with Crippen molar-refractivity contribution in [3.8, 4) is 0 Å². The van der Waals surface area contributed by atoms with Gasteiger partial charge in [0.2, 0.25) is 0 Å². The highest BCUT2D eigenvalue weighted by atomic mass is 79.9. The lowest BCUT2D eigenvalue weighted by Gasteiger charge is -2.16. The molecule has 1 aliphatic carbocycles. The lowest BCUT2D eigenvalue weighted by Crippen LogP contribution is -2.28. The van der Waals surface area contributed by atoms with E-state index in [1.54, 1.807) is 0 Å². The first-order valence-corrected chi connectivity index (χ1v) is 10.2. The van der Waals surface area contributed by atoms with Gasteiger partial charge < -0.3 is 5.32 Å². The Morgan fingerprint density at radius 1 is 1.21 bits per heavy atom. The second-order valence-electron chi connectivity index (χ2n) is 7.52. The van der Waals surface area contributed by atoms with Crippen molar-refractivity contribution in [1.82, 2.24) is 10.3 Å². The maximum absolute atomic E-state index is 13.8. The minimum atomic E-state index is -0.736. The van der Waals surface area contributed by atoms with Gasteiger partial charge in [-0.2, -0.15) is 0 Å². The highest BCUT2D eigenvalue weighted by Gasteiger charge is 2.42. The molecule has 1 aliphatic rings. The molecule has 1 heterocycles. The topological polar surface area (TPSA) is 76.1 Å². The number of aryl methyl sites for hydroxylation is 3. The van der Waals surface area contributed by atoms with Crippen LogP contribution < -0.4 is 5.32 Å². The molecular formula is C22H22BrFN2O3. The molecule has 29 heavy (non-hydrogen) atoms. The summed E-state index contributed by atoms with van der Waals surface area (Å²) in [5.74, 6) is -2.74. The van der Waals surface area contributed by atoms with Crippen LogP contribution in [0.5, 0.6) is 0 Å². The fourth-order valence-corrected chi connectivity index (χ4v) is 4.38. The summed E-state index contributed by atoms with van der Waals surface area (Å²) in [6, 6.07) is 6.53. The van der Waals surface area contributed by atoms with Crippen molar-refractivity contribution in [3.63, 3.8) is 0 Å². The van der Waals surface area contributed by atoms with Gasteiger partial charge in [0, 0.05) is 18.9 Å². The molecule has 0 aliphatic heterocycles. The first-order chi connectivity index (χ1) is 13.7. The van der Waals surface area contributed by atoms with Crippen LogP contribution in [0.4, 0.5) is 4.39 Å². The van der Waals surface area contributed by atoms with Crippen LogP contribution in [-0.2, 0) is 9.59 Å². The molecule has 0 spiro atoms. The number of halogens is 2. The van der Waals surface area contributed by atoms with Gasteiger partial charge in [0.15, 0.2) is 17.3 Å². The molecule has 7 heteroatoms. The van der Waals surface area contributed by atoms with Crippen molar-refractivity contribution in [3.05, 3.63) is 62.6 Å². The number of nitrogens with zero attached hydrogens (tertiary/aromatic N) is 1. The van der Waals surface area contributed by atoms with E-state index in [0.29, 0.717) is 11.0 Å². The fourth-order valence-electron chi connectivity index (χ4n) is 4.07. The molecule has 1 N–H and O–H groups in total. The zero-order chi connectivity index (χ0) is 21.3. The zero-order valence-corrected chi connectivity index (χ0v) is 18.1. The second-order valence-corrected chi connectivity index (χ2v) is 8.34. The number of hydrogen-bond donors (Lipinski definition) is 1. The molecule has 152 valence electrons. The number of pyridine rings is 1. The van der Waals surface area contributed by atoms with E-state index in [-0.39, 0.29) is 30.2 Å². The van der Waals surface area contributed by atoms with Gasteiger partial charge in [-0.05, 0) is 71.9 Å². The number of aromatic nitrogens is 1. The van der Waals surface area contributed by atoms with E-state index in [2.05, 4.69) is 26.2 Å². The Balaban J connectivity index is 1.67. The summed E-state index contributed by atoms with van der Waals surface area (Å²) in [7, 11) is 0. The average molecular weight is 461 g/mol. The minimum Gasteiger partial charge on any atom is -0.351 e. The van der Waals surface area contributed by atoms with Gasteiger partial charge in [-0.25, -0.2) is 9.37 Å². The van der Waals surface area contributed by atoms with E-state index in [1.807, 2.05) is 32.9 Å². The van der Waals surface area contributed by atoms with Gasteiger partial charge in [-0.3, -0.25) is 14.4 Å². The minimum absolute atomic E-state index is 0.0823. The summed E-state index contributed by atoms with van der Waals surface area (Å²) >= 11 is 3.11. The van der Waals surface area contributed by atoms with Crippen molar-refractivity contribution in [2.45, 2.75) is 39.5 Å². The molecule has 2 unspecified atom stereocenters. The molecule has 1 saturated carbocycles. The van der Waals surface area contributed by atoms with Gasteiger partial charge in [0.25, 0.3) is 5.91 Å². The van der Waals surface area contributed by atoms with E-state index < -0.39 is 23.6 Å². The summed E-state index contributed by atoms with van der Waals surface area (Å²) in [4.78, 5) is 41.5. The Bertz CT molecular complexity index is 983. The maximum atomic E-state index is 13.8. The molecule has 1 amide bonds. The molecule has 3 rings (SSSR count). The smallest absolute Gasteiger partial charge is 0.272 e. The normalized spacial score (nSPS) is 18.9. The largest absolute Gasteiger partial charge is 0.351 e. The van der Waals surface area contributed by atoms with Crippen LogP contribution in [0.2, 0.25) is 0 Å². The Kier molecular flexibility index (Phi) is 6.27. The summed E-state index contributed by atoms with van der Waals surface area (Å²) in [6.45, 7) is 5.98. The van der Waals surface area contributed by atoms with Crippen molar-refractivity contribution in [2.24, 2.45) is 5.92 Å². The molecule has 2 aromatic rings. The van der Waals surface area contributed by atoms with Gasteiger partial charge in [0.1, 0.15) is 16.3 Å². The van der Waals surface area contributed by atoms with Crippen molar-refractivity contribution in [1.29, 1.82) is 0 Å². The summed E-state index contributed by atoms with van der Waals surface area (Å²) in [5.41, 5.74) is 3.47. The van der Waals surface area contributed by atoms with E-state index in [0.717, 1.165) is 28.3 Å². The van der Waals surface area contributed by atoms with E-state index in [1.165, 1.54) is 6.07 Å². The molecular weight excluding hydrogens is 439 g/mol. The molecule has 0 radical (unpaired) electrons. The number of carbonyl (C=O) groups excluding carboxylic acids is 3. The van der Waals surface area contributed by atoms with Crippen LogP contribution in [-0.4, -0.2) is 29.0 Å². The van der Waals surface area contributed by atoms with Crippen LogP contribution in [0, 0.1) is 32.5 Å². The van der Waals surface area contributed by atoms with Gasteiger partial charge in [-0.15, -0.1) is 0 Å². The Morgan fingerprint density at radius 2 is 1.86 bits per heavy atom. The lowest BCUT2D eigenvalue weighted by molar-refractivity contribution is -0.124. The average Bonchev–Trinajstić information content (AvgIpc) is 2.91. The van der Waals surface area contributed by atoms with Crippen molar-refractivity contribution in [2.75, 3.05) is 6.54 Å². The third-order valence-electron chi connectivity index (χ3n) is 5.29. The second kappa shape index (κ2) is 8.53. The number of nitrogens with one attached hydrogen (secondary N) is 1. The van der Waals surface area contributed by atoms with E-state index in [4.69, 9.17) is 0 Å². The molecule has 0 bridgehead atoms. The molecule has 1 aromatic heterocycles. The van der Waals surface area contributed by atoms with Crippen LogP contribution in [0.25, 0.3) is 0 Å². The molecule has 5 nitrogen and oxygen atoms in total. The quantitative estimate of drug-likeness (QED) is 0.540. The maximum Gasteiger partial charge on any atom is 0.272 e. The zero-order valence-electron chi connectivity index (χ0n) is 16.5. The van der Waals surface area contributed by atoms with Crippen LogP contribution in [0.3, 0.4) is 0 Å². The summed E-state index contributed by atoms with van der Waals surface area (Å²) < 4.78 is 14.1. The monoisotopic (exact) mass is 460 g/mol. The summed E-state index contributed by atoms with van der Waals surface area (Å²) in [6.07, 6.45) is 0.488. The van der Waals surface area contributed by atoms with Crippen LogP contribution in [0.1, 0.15) is 51.5 Å². The molecule has 1 aromatic carbocycles. The number of hydrogen-bond acceptors (Lipinski definition) is 4. The predicted molar refractivity (Wildman–Crippen MR) is 110 cm³/mol. The third-order valence-corrected chi connectivity index (χ3v) is 5.73. The van der Waals surface area contributed by atoms with Gasteiger partial charge in [0.05, 0.1) is 0 Å². The highest BCUT2D eigenvalue weighted by Crippen LogP contribution is 2.37. The fraction of sp³-hybridized carbons (Fsp3) is 0.364. The molecule has 2 atom stereocenters. The number of benzene rings is 1. The number of Topliss-reactive ketones (excluding diaryl/α,β-unsaturated/α-hetero) is 2. The first kappa shape index (κ1) is 21.3. The van der Waals surface area contributed by atoms with Gasteiger partial charge >= 0.3 is 0 Å². The van der Waals surface area contributed by atoms with E-state index in [9.17, 15) is 18.8 Å². The predicted octanol–water partition coefficient (Wildman–Crippen LogP) is 3.97. The molecule has 0 saturated heterocycles. The molecule has 1 fully saturated rings. The summed E-state index contributed by atoms with van der Waals surface area (Å²) in [5, 5.41) is 2.59. The number of ketones is 2.